The summed E-state index contributed by atoms with van der Waals surface area (Å²) in [5.74, 6) is 0.110. The maximum Gasteiger partial charge on any atom is 0.308 e. The van der Waals surface area contributed by atoms with Crippen LogP contribution in [0, 0.1) is 0 Å². The summed E-state index contributed by atoms with van der Waals surface area (Å²) in [6.45, 7) is 5.45. The van der Waals surface area contributed by atoms with E-state index >= 15 is 0 Å². The highest BCUT2D eigenvalue weighted by Crippen LogP contribution is 2.16. The molecule has 1 saturated heterocycles. The van der Waals surface area contributed by atoms with Crippen LogP contribution >= 0.6 is 0 Å². The minimum atomic E-state index is -0.367. The molecular formula is C20H22N2O3. The van der Waals surface area contributed by atoms with Crippen LogP contribution in [0.5, 0.6) is 5.75 Å². The zero-order valence-electron chi connectivity index (χ0n) is 14.4. The van der Waals surface area contributed by atoms with Gasteiger partial charge >= 0.3 is 5.97 Å². The van der Waals surface area contributed by atoms with E-state index in [9.17, 15) is 9.59 Å². The Balaban J connectivity index is 1.53. The molecule has 0 radical (unpaired) electrons. The van der Waals surface area contributed by atoms with Crippen molar-refractivity contribution in [3.05, 3.63) is 65.7 Å². The van der Waals surface area contributed by atoms with Gasteiger partial charge in [0.1, 0.15) is 5.75 Å². The second-order valence-corrected chi connectivity index (χ2v) is 6.17. The van der Waals surface area contributed by atoms with Crippen LogP contribution in [0.1, 0.15) is 22.8 Å². The van der Waals surface area contributed by atoms with Crippen LogP contribution in [0.2, 0.25) is 0 Å². The number of hydrogen-bond acceptors (Lipinski definition) is 4. The van der Waals surface area contributed by atoms with Gasteiger partial charge in [0.05, 0.1) is 0 Å². The molecule has 0 saturated carbocycles. The zero-order valence-corrected chi connectivity index (χ0v) is 14.4. The van der Waals surface area contributed by atoms with Crippen LogP contribution in [0.25, 0.3) is 0 Å². The molecule has 0 unspecified atom stereocenters. The van der Waals surface area contributed by atoms with Gasteiger partial charge in [-0.25, -0.2) is 0 Å². The first kappa shape index (κ1) is 17.2. The average Bonchev–Trinajstić information content (AvgIpc) is 2.63. The molecule has 1 heterocycles. The van der Waals surface area contributed by atoms with Crippen LogP contribution in [-0.2, 0) is 11.3 Å². The summed E-state index contributed by atoms with van der Waals surface area (Å²) in [7, 11) is 0. The molecule has 1 fully saturated rings. The number of carbonyl (C=O) groups excluding carboxylic acids is 2. The van der Waals surface area contributed by atoms with Gasteiger partial charge in [0, 0.05) is 45.2 Å². The lowest BCUT2D eigenvalue weighted by Crippen LogP contribution is -2.48. The van der Waals surface area contributed by atoms with E-state index in [0.717, 1.165) is 32.7 Å². The Hall–Kier alpha value is -2.66. The highest BCUT2D eigenvalue weighted by molar-refractivity contribution is 5.94. The van der Waals surface area contributed by atoms with Gasteiger partial charge < -0.3 is 9.64 Å². The van der Waals surface area contributed by atoms with Gasteiger partial charge in [0.15, 0.2) is 0 Å². The lowest BCUT2D eigenvalue weighted by atomic mass is 10.1. The van der Waals surface area contributed by atoms with Gasteiger partial charge in [-0.05, 0) is 29.8 Å². The molecule has 0 N–H and O–H groups in total. The lowest BCUT2D eigenvalue weighted by molar-refractivity contribution is -0.131. The minimum Gasteiger partial charge on any atom is -0.427 e. The summed E-state index contributed by atoms with van der Waals surface area (Å²) in [6.07, 6.45) is 0. The van der Waals surface area contributed by atoms with Crippen LogP contribution in [0.15, 0.2) is 54.6 Å². The number of amides is 1. The largest absolute Gasteiger partial charge is 0.427 e. The number of carbonyl (C=O) groups is 2. The lowest BCUT2D eigenvalue weighted by Gasteiger charge is -2.34. The quantitative estimate of drug-likeness (QED) is 0.635. The first-order chi connectivity index (χ1) is 12.1. The number of hydrogen-bond donors (Lipinski definition) is 0. The van der Waals surface area contributed by atoms with E-state index < -0.39 is 0 Å². The molecule has 0 bridgehead atoms. The first-order valence-electron chi connectivity index (χ1n) is 8.46. The molecule has 2 aromatic carbocycles. The van der Waals surface area contributed by atoms with Gasteiger partial charge in [-0.1, -0.05) is 30.3 Å². The third kappa shape index (κ3) is 4.67. The molecule has 1 aliphatic rings. The summed E-state index contributed by atoms with van der Waals surface area (Å²) in [4.78, 5) is 27.8. The number of benzene rings is 2. The van der Waals surface area contributed by atoms with Crippen molar-refractivity contribution >= 4 is 11.9 Å². The number of esters is 1. The van der Waals surface area contributed by atoms with Crippen molar-refractivity contribution in [1.29, 1.82) is 0 Å². The predicted octanol–water partition coefficient (Wildman–Crippen LogP) is 2.57. The van der Waals surface area contributed by atoms with Crippen molar-refractivity contribution in [2.75, 3.05) is 26.2 Å². The fourth-order valence-electron chi connectivity index (χ4n) is 2.96. The Morgan fingerprint density at radius 1 is 0.920 bits per heavy atom. The standard InChI is InChI=1S/C20H22N2O3/c1-16(23)25-19-9-7-18(8-10-19)20(24)22-13-11-21(12-14-22)15-17-5-3-2-4-6-17/h2-10H,11-15H2,1H3. The van der Waals surface area contributed by atoms with E-state index in [1.165, 1.54) is 12.5 Å². The molecule has 0 aromatic heterocycles. The zero-order chi connectivity index (χ0) is 17.6. The van der Waals surface area contributed by atoms with Crippen LogP contribution in [0.3, 0.4) is 0 Å². The van der Waals surface area contributed by atoms with Crippen molar-refractivity contribution in [2.24, 2.45) is 0 Å². The van der Waals surface area contributed by atoms with Gasteiger partial charge in [0.2, 0.25) is 0 Å². The Bertz CT molecular complexity index is 720. The molecule has 1 amide bonds. The number of ether oxygens (including phenoxy) is 1. The molecule has 0 aliphatic carbocycles. The highest BCUT2D eigenvalue weighted by atomic mass is 16.5. The summed E-state index contributed by atoms with van der Waals surface area (Å²) < 4.78 is 4.99. The van der Waals surface area contributed by atoms with E-state index in [1.807, 2.05) is 11.0 Å². The molecular weight excluding hydrogens is 316 g/mol. The summed E-state index contributed by atoms with van der Waals surface area (Å²) >= 11 is 0. The van der Waals surface area contributed by atoms with Gasteiger partial charge in [-0.3, -0.25) is 14.5 Å². The molecule has 130 valence electrons. The molecule has 0 atom stereocenters. The van der Waals surface area contributed by atoms with Crippen LogP contribution in [-0.4, -0.2) is 47.9 Å². The summed E-state index contributed by atoms with van der Waals surface area (Å²) in [6, 6.07) is 17.1. The second-order valence-electron chi connectivity index (χ2n) is 6.17. The average molecular weight is 338 g/mol. The predicted molar refractivity (Wildman–Crippen MR) is 95.4 cm³/mol. The fraction of sp³-hybridized carbons (Fsp3) is 0.300. The maximum atomic E-state index is 12.6. The van der Waals surface area contributed by atoms with Crippen molar-refractivity contribution < 1.29 is 14.3 Å². The maximum absolute atomic E-state index is 12.6. The minimum absolute atomic E-state index is 0.0220. The summed E-state index contributed by atoms with van der Waals surface area (Å²) in [5, 5.41) is 0. The number of piperazine rings is 1. The van der Waals surface area contributed by atoms with Gasteiger partial charge in [-0.15, -0.1) is 0 Å². The molecule has 0 spiro atoms. The SMILES string of the molecule is CC(=O)Oc1ccc(C(=O)N2CCN(Cc3ccccc3)CC2)cc1. The van der Waals surface area contributed by atoms with Crippen molar-refractivity contribution in [2.45, 2.75) is 13.5 Å². The summed E-state index contributed by atoms with van der Waals surface area (Å²) in [5.41, 5.74) is 1.91. The van der Waals surface area contributed by atoms with E-state index in [4.69, 9.17) is 4.74 Å². The number of rotatable bonds is 4. The molecule has 3 rings (SSSR count). The van der Waals surface area contributed by atoms with Crippen molar-refractivity contribution in [1.82, 2.24) is 9.80 Å². The monoisotopic (exact) mass is 338 g/mol. The Labute approximate surface area is 147 Å². The molecule has 5 nitrogen and oxygen atoms in total. The fourth-order valence-corrected chi connectivity index (χ4v) is 2.96. The van der Waals surface area contributed by atoms with E-state index in [1.54, 1.807) is 24.3 Å². The van der Waals surface area contributed by atoms with Crippen LogP contribution in [0.4, 0.5) is 0 Å². The Morgan fingerprint density at radius 2 is 1.56 bits per heavy atom. The third-order valence-electron chi connectivity index (χ3n) is 4.27. The van der Waals surface area contributed by atoms with E-state index in [2.05, 4.69) is 29.2 Å². The molecule has 5 heteroatoms. The molecule has 2 aromatic rings. The van der Waals surface area contributed by atoms with Crippen LogP contribution < -0.4 is 4.74 Å². The Kier molecular flexibility index (Phi) is 5.46. The molecule has 25 heavy (non-hydrogen) atoms. The highest BCUT2D eigenvalue weighted by Gasteiger charge is 2.22. The number of nitrogens with zero attached hydrogens (tertiary/aromatic N) is 2. The van der Waals surface area contributed by atoms with E-state index in [-0.39, 0.29) is 11.9 Å². The van der Waals surface area contributed by atoms with Gasteiger partial charge in [-0.2, -0.15) is 0 Å². The van der Waals surface area contributed by atoms with Crippen molar-refractivity contribution in [3.8, 4) is 5.75 Å². The normalized spacial score (nSPS) is 15.0. The topological polar surface area (TPSA) is 49.9 Å². The third-order valence-corrected chi connectivity index (χ3v) is 4.27. The Morgan fingerprint density at radius 3 is 2.16 bits per heavy atom. The smallest absolute Gasteiger partial charge is 0.308 e. The van der Waals surface area contributed by atoms with Crippen molar-refractivity contribution in [3.63, 3.8) is 0 Å². The van der Waals surface area contributed by atoms with Gasteiger partial charge in [0.25, 0.3) is 5.91 Å². The second kappa shape index (κ2) is 7.94. The first-order valence-corrected chi connectivity index (χ1v) is 8.46. The van der Waals surface area contributed by atoms with E-state index in [0.29, 0.717) is 11.3 Å². The molecule has 1 aliphatic heterocycles.